The Labute approximate surface area is 136 Å². The second kappa shape index (κ2) is 5.89. The number of hydrogen-bond acceptors (Lipinski definition) is 3. The van der Waals surface area contributed by atoms with Crippen LogP contribution in [0.15, 0.2) is 24.3 Å². The third kappa shape index (κ3) is 2.67. The normalized spacial score (nSPS) is 28.9. The number of hydrogen-bond donors (Lipinski definition) is 2. The summed E-state index contributed by atoms with van der Waals surface area (Å²) in [5, 5.41) is 7.07. The molecule has 4 heteroatoms. The van der Waals surface area contributed by atoms with Gasteiger partial charge in [-0.3, -0.25) is 4.79 Å². The van der Waals surface area contributed by atoms with Crippen molar-refractivity contribution < 1.29 is 4.79 Å². The van der Waals surface area contributed by atoms with Crippen molar-refractivity contribution in [3.05, 3.63) is 35.4 Å². The van der Waals surface area contributed by atoms with E-state index in [-0.39, 0.29) is 5.92 Å². The molecule has 1 amide bonds. The molecule has 0 radical (unpaired) electrons. The van der Waals surface area contributed by atoms with Gasteiger partial charge in [0.15, 0.2) is 0 Å². The van der Waals surface area contributed by atoms with Crippen LogP contribution in [-0.4, -0.2) is 31.3 Å². The fraction of sp³-hybridized carbons (Fsp3) is 0.611. The molecule has 2 heterocycles. The van der Waals surface area contributed by atoms with Crippen molar-refractivity contribution in [1.29, 1.82) is 0 Å². The number of benzene rings is 1. The number of piperidine rings is 1. The first-order valence-corrected chi connectivity index (χ1v) is 9.51. The van der Waals surface area contributed by atoms with Crippen molar-refractivity contribution in [2.24, 2.45) is 11.3 Å². The minimum absolute atomic E-state index is 0.276. The molecule has 1 aromatic rings. The van der Waals surface area contributed by atoms with E-state index in [1.807, 2.05) is 11.8 Å². The summed E-state index contributed by atoms with van der Waals surface area (Å²) >= 11 is 1.98. The number of aryl methyl sites for hydroxylation is 1. The lowest BCUT2D eigenvalue weighted by atomic mass is 9.92. The second-order valence-electron chi connectivity index (χ2n) is 6.92. The van der Waals surface area contributed by atoms with Gasteiger partial charge in [0.05, 0.1) is 0 Å². The summed E-state index contributed by atoms with van der Waals surface area (Å²) in [4.78, 5) is 12.5. The molecular weight excluding hydrogens is 292 g/mol. The molecule has 4 rings (SSSR count). The molecule has 2 unspecified atom stereocenters. The zero-order chi connectivity index (χ0) is 15.0. The summed E-state index contributed by atoms with van der Waals surface area (Å²) in [7, 11) is 0. The molecule has 1 saturated carbocycles. The number of carbonyl (C=O) groups is 1. The van der Waals surface area contributed by atoms with Crippen LogP contribution in [0, 0.1) is 11.3 Å². The highest BCUT2D eigenvalue weighted by molar-refractivity contribution is 7.99. The molecule has 1 saturated heterocycles. The Bertz CT molecular complexity index is 568. The fourth-order valence-electron chi connectivity index (χ4n) is 4.16. The number of fused-ring (bicyclic) bond motifs is 1. The van der Waals surface area contributed by atoms with Crippen LogP contribution in [0.3, 0.4) is 0 Å². The van der Waals surface area contributed by atoms with E-state index >= 15 is 0 Å². The highest BCUT2D eigenvalue weighted by Gasteiger charge is 2.57. The number of carbonyl (C=O) groups excluding carboxylic acids is 1. The third-order valence-electron chi connectivity index (χ3n) is 5.66. The molecule has 118 valence electrons. The molecule has 0 aromatic heterocycles. The summed E-state index contributed by atoms with van der Waals surface area (Å²) in [6.45, 7) is 2.94. The average Bonchev–Trinajstić information content (AvgIpc) is 3.26. The van der Waals surface area contributed by atoms with Gasteiger partial charge in [0.25, 0.3) is 0 Å². The van der Waals surface area contributed by atoms with Crippen LogP contribution >= 0.6 is 11.8 Å². The SMILES string of the molecule is O=C(NCC1SCCc2ccccc21)C1CC12CCNCC2. The summed E-state index contributed by atoms with van der Waals surface area (Å²) in [6, 6.07) is 8.69. The number of nitrogens with one attached hydrogen (secondary N) is 2. The maximum atomic E-state index is 12.5. The average molecular weight is 316 g/mol. The lowest BCUT2D eigenvalue weighted by Crippen LogP contribution is -2.35. The molecule has 3 nitrogen and oxygen atoms in total. The van der Waals surface area contributed by atoms with E-state index in [1.54, 1.807) is 0 Å². The van der Waals surface area contributed by atoms with Gasteiger partial charge in [-0.2, -0.15) is 11.8 Å². The molecule has 1 aliphatic carbocycles. The van der Waals surface area contributed by atoms with Gasteiger partial charge in [0.2, 0.25) is 5.91 Å². The monoisotopic (exact) mass is 316 g/mol. The standard InChI is InChI=1S/C18H24N2OS/c21-17(15-11-18(15)6-8-19-9-7-18)20-12-16-14-4-2-1-3-13(14)5-10-22-16/h1-4,15-16,19H,5-12H2,(H,20,21). The number of amides is 1. The minimum Gasteiger partial charge on any atom is -0.354 e. The van der Waals surface area contributed by atoms with Crippen LogP contribution in [0.4, 0.5) is 0 Å². The summed E-state index contributed by atoms with van der Waals surface area (Å²) in [5.41, 5.74) is 3.22. The Morgan fingerprint density at radius 2 is 2.14 bits per heavy atom. The lowest BCUT2D eigenvalue weighted by molar-refractivity contribution is -0.123. The topological polar surface area (TPSA) is 41.1 Å². The minimum atomic E-state index is 0.276. The first-order chi connectivity index (χ1) is 10.8. The molecule has 22 heavy (non-hydrogen) atoms. The Balaban J connectivity index is 1.35. The molecular formula is C18H24N2OS. The van der Waals surface area contributed by atoms with Gasteiger partial charge in [-0.1, -0.05) is 24.3 Å². The number of rotatable bonds is 3. The van der Waals surface area contributed by atoms with E-state index in [4.69, 9.17) is 0 Å². The summed E-state index contributed by atoms with van der Waals surface area (Å²) < 4.78 is 0. The lowest BCUT2D eigenvalue weighted by Gasteiger charge is -2.26. The van der Waals surface area contributed by atoms with Gasteiger partial charge < -0.3 is 10.6 Å². The molecule has 2 aliphatic heterocycles. The van der Waals surface area contributed by atoms with Crippen molar-refractivity contribution in [2.45, 2.75) is 30.9 Å². The van der Waals surface area contributed by atoms with Crippen LogP contribution < -0.4 is 10.6 Å². The van der Waals surface area contributed by atoms with E-state index in [2.05, 4.69) is 34.9 Å². The first-order valence-electron chi connectivity index (χ1n) is 8.46. The highest BCUT2D eigenvalue weighted by Crippen LogP contribution is 2.58. The van der Waals surface area contributed by atoms with Crippen molar-refractivity contribution in [3.8, 4) is 0 Å². The van der Waals surface area contributed by atoms with E-state index in [9.17, 15) is 4.79 Å². The number of thioether (sulfide) groups is 1. The van der Waals surface area contributed by atoms with E-state index < -0.39 is 0 Å². The van der Waals surface area contributed by atoms with Crippen molar-refractivity contribution in [2.75, 3.05) is 25.4 Å². The van der Waals surface area contributed by atoms with E-state index in [0.717, 1.165) is 38.2 Å². The zero-order valence-electron chi connectivity index (χ0n) is 12.9. The van der Waals surface area contributed by atoms with Crippen molar-refractivity contribution in [3.63, 3.8) is 0 Å². The molecule has 2 atom stereocenters. The van der Waals surface area contributed by atoms with Gasteiger partial charge in [-0.25, -0.2) is 0 Å². The van der Waals surface area contributed by atoms with Gasteiger partial charge in [0, 0.05) is 17.7 Å². The van der Waals surface area contributed by atoms with Crippen LogP contribution in [0.25, 0.3) is 0 Å². The van der Waals surface area contributed by atoms with E-state index in [1.165, 1.54) is 24.0 Å². The van der Waals surface area contributed by atoms with Crippen molar-refractivity contribution in [1.82, 2.24) is 10.6 Å². The maximum absolute atomic E-state index is 12.5. The Hall–Kier alpha value is -1.00. The van der Waals surface area contributed by atoms with Crippen LogP contribution in [0.2, 0.25) is 0 Å². The first kappa shape index (κ1) is 14.6. The largest absolute Gasteiger partial charge is 0.354 e. The van der Waals surface area contributed by atoms with Crippen LogP contribution in [0.5, 0.6) is 0 Å². The highest BCUT2D eigenvalue weighted by atomic mass is 32.2. The Morgan fingerprint density at radius 1 is 1.32 bits per heavy atom. The van der Waals surface area contributed by atoms with Gasteiger partial charge in [-0.15, -0.1) is 0 Å². The summed E-state index contributed by atoms with van der Waals surface area (Å²) in [6.07, 6.45) is 4.61. The molecule has 2 fully saturated rings. The fourth-order valence-corrected chi connectivity index (χ4v) is 5.39. The van der Waals surface area contributed by atoms with Gasteiger partial charge >= 0.3 is 0 Å². The molecule has 0 bridgehead atoms. The third-order valence-corrected chi connectivity index (χ3v) is 6.92. The second-order valence-corrected chi connectivity index (χ2v) is 8.23. The summed E-state index contributed by atoms with van der Waals surface area (Å²) in [5.74, 6) is 1.74. The Kier molecular flexibility index (Phi) is 3.91. The molecule has 1 spiro atoms. The van der Waals surface area contributed by atoms with E-state index in [0.29, 0.717) is 16.6 Å². The maximum Gasteiger partial charge on any atom is 0.223 e. The Morgan fingerprint density at radius 3 is 3.00 bits per heavy atom. The molecule has 3 aliphatic rings. The van der Waals surface area contributed by atoms with Gasteiger partial charge in [0.1, 0.15) is 0 Å². The van der Waals surface area contributed by atoms with Crippen LogP contribution in [-0.2, 0) is 11.2 Å². The van der Waals surface area contributed by atoms with Gasteiger partial charge in [-0.05, 0) is 61.1 Å². The quantitative estimate of drug-likeness (QED) is 0.900. The predicted octanol–water partition coefficient (Wildman–Crippen LogP) is 2.52. The molecule has 2 N–H and O–H groups in total. The smallest absolute Gasteiger partial charge is 0.223 e. The zero-order valence-corrected chi connectivity index (χ0v) is 13.8. The molecule has 1 aromatic carbocycles. The predicted molar refractivity (Wildman–Crippen MR) is 91.0 cm³/mol. The van der Waals surface area contributed by atoms with Crippen molar-refractivity contribution >= 4 is 17.7 Å². The van der Waals surface area contributed by atoms with Crippen LogP contribution in [0.1, 0.15) is 35.6 Å².